The third-order valence-corrected chi connectivity index (χ3v) is 16.6. The van der Waals surface area contributed by atoms with Crippen LogP contribution in [0.15, 0.2) is 36.5 Å². The first-order chi connectivity index (χ1) is 38.4. The van der Waals surface area contributed by atoms with Gasteiger partial charge in [0.25, 0.3) is 7.82 Å². The van der Waals surface area contributed by atoms with E-state index in [2.05, 4.69) is 44.3 Å². The number of amides is 1. The van der Waals surface area contributed by atoms with Crippen LogP contribution in [-0.4, -0.2) is 69.4 Å². The molecule has 0 aromatic heterocycles. The number of hydrogen-bond donors (Lipinski definition) is 1. The van der Waals surface area contributed by atoms with Crippen LogP contribution in [0.25, 0.3) is 0 Å². The Labute approximate surface area is 491 Å². The van der Waals surface area contributed by atoms with Crippen molar-refractivity contribution in [1.29, 1.82) is 0 Å². The summed E-state index contributed by atoms with van der Waals surface area (Å²) in [6.45, 7) is 6.85. The minimum absolute atomic E-state index is 0.0271. The third kappa shape index (κ3) is 60.6. The normalized spacial score (nSPS) is 13.8. The van der Waals surface area contributed by atoms with Crippen LogP contribution in [0.1, 0.15) is 342 Å². The van der Waals surface area contributed by atoms with Gasteiger partial charge in [0.05, 0.1) is 33.8 Å². The summed E-state index contributed by atoms with van der Waals surface area (Å²) in [6, 6.07) is -0.907. The first-order valence-electron chi connectivity index (χ1n) is 34.3. The maximum atomic E-state index is 13.6. The molecule has 9 nitrogen and oxygen atoms in total. The molecule has 1 amide bonds. The van der Waals surface area contributed by atoms with Crippen molar-refractivity contribution >= 4 is 19.7 Å². The molecule has 0 aromatic rings. The zero-order valence-electron chi connectivity index (χ0n) is 53.3. The first-order valence-corrected chi connectivity index (χ1v) is 35.8. The molecule has 10 heteroatoms. The van der Waals surface area contributed by atoms with Gasteiger partial charge in [-0.2, -0.15) is 0 Å². The van der Waals surface area contributed by atoms with E-state index in [0.29, 0.717) is 23.9 Å². The SMILES string of the molecule is CCCCCCCC/C=C\C/C=C/CCC(=O)OC(/C=C\CCCCCCCCCCCCC)C(COP(=O)([O-])OCC[N+](C)(C)C)NC(=O)CCCCCCCCCCCCCCCCCCCCCCCCCCCCC. The lowest BCUT2D eigenvalue weighted by molar-refractivity contribution is -0.870. The Morgan fingerprint density at radius 2 is 0.785 bits per heavy atom. The molecule has 0 radical (unpaired) electrons. The van der Waals surface area contributed by atoms with Gasteiger partial charge in [-0.3, -0.25) is 14.2 Å². The van der Waals surface area contributed by atoms with E-state index in [4.69, 9.17) is 13.8 Å². The van der Waals surface area contributed by atoms with E-state index in [1.807, 2.05) is 39.4 Å². The number of nitrogens with zero attached hydrogens (tertiary/aromatic N) is 1. The van der Waals surface area contributed by atoms with Crippen LogP contribution in [0.2, 0.25) is 0 Å². The summed E-state index contributed by atoms with van der Waals surface area (Å²) in [7, 11) is 1.17. The van der Waals surface area contributed by atoms with Crippen LogP contribution in [0.3, 0.4) is 0 Å². The highest BCUT2D eigenvalue weighted by atomic mass is 31.2. The van der Waals surface area contributed by atoms with Gasteiger partial charge in [-0.1, -0.05) is 314 Å². The number of carbonyl (C=O) groups excluding carboxylic acids is 2. The summed E-state index contributed by atoms with van der Waals surface area (Å²) < 4.78 is 30.3. The molecule has 0 fully saturated rings. The zero-order valence-corrected chi connectivity index (χ0v) is 54.2. The van der Waals surface area contributed by atoms with Crippen molar-refractivity contribution in [2.75, 3.05) is 40.9 Å². The number of ether oxygens (including phenoxy) is 1. The van der Waals surface area contributed by atoms with Crippen molar-refractivity contribution < 1.29 is 37.3 Å². The van der Waals surface area contributed by atoms with Gasteiger partial charge < -0.3 is 28.5 Å². The van der Waals surface area contributed by atoms with Gasteiger partial charge in [-0.15, -0.1) is 0 Å². The summed E-state index contributed by atoms with van der Waals surface area (Å²) in [6.07, 6.45) is 73.0. The van der Waals surface area contributed by atoms with Crippen LogP contribution < -0.4 is 10.2 Å². The lowest BCUT2D eigenvalue weighted by Gasteiger charge is -2.30. The maximum Gasteiger partial charge on any atom is 0.306 e. The van der Waals surface area contributed by atoms with Gasteiger partial charge in [0.1, 0.15) is 19.3 Å². The number of phosphoric ester groups is 1. The summed E-state index contributed by atoms with van der Waals surface area (Å²) in [5.74, 6) is -0.603. The first kappa shape index (κ1) is 77.2. The smallest absolute Gasteiger partial charge is 0.306 e. The number of esters is 1. The number of likely N-dealkylation sites (N-methyl/N-ethyl adjacent to an activating group) is 1. The molecule has 0 spiro atoms. The molecule has 0 bridgehead atoms. The highest BCUT2D eigenvalue weighted by molar-refractivity contribution is 7.45. The molecule has 0 saturated heterocycles. The predicted octanol–water partition coefficient (Wildman–Crippen LogP) is 20.8. The number of phosphoric acid groups is 1. The molecule has 0 aromatic carbocycles. The Kier molecular flexibility index (Phi) is 58.1. The number of unbranched alkanes of at least 4 members (excludes halogenated alkanes) is 43. The molecule has 0 heterocycles. The second-order valence-corrected chi connectivity index (χ2v) is 26.1. The van der Waals surface area contributed by atoms with Crippen LogP contribution in [0.4, 0.5) is 0 Å². The predicted molar refractivity (Wildman–Crippen MR) is 340 cm³/mol. The van der Waals surface area contributed by atoms with Gasteiger partial charge >= 0.3 is 5.97 Å². The van der Waals surface area contributed by atoms with Crippen LogP contribution in [0, 0.1) is 0 Å². The summed E-state index contributed by atoms with van der Waals surface area (Å²) in [4.78, 5) is 40.0. The minimum atomic E-state index is -4.71. The van der Waals surface area contributed by atoms with Crippen LogP contribution in [-0.2, 0) is 27.9 Å². The number of hydrogen-bond acceptors (Lipinski definition) is 7. The van der Waals surface area contributed by atoms with Gasteiger partial charge in [-0.25, -0.2) is 0 Å². The Hall–Kier alpha value is -1.77. The second kappa shape index (κ2) is 59.4. The average molecular weight is 1130 g/mol. The molecule has 0 aliphatic rings. The standard InChI is InChI=1S/C69H133N2O7P/c1-7-10-13-16-19-22-25-28-29-30-31-32-33-34-35-36-37-38-39-40-41-44-46-49-52-55-58-61-68(72)70-66(65-77-79(74,75)76-64-63-71(4,5)6)67(60-57-54-51-48-45-42-26-23-20-17-14-11-8-2)78-69(73)62-59-56-53-50-47-43-27-24-21-18-15-12-9-3/h43,47,53,56-57,60,66-67H,7-42,44-46,48-52,54-55,58-59,61-65H2,1-6H3,(H-,70,72,74,75)/b47-43-,56-53+,60-57-. The third-order valence-electron chi connectivity index (χ3n) is 15.6. The van der Waals surface area contributed by atoms with Gasteiger partial charge in [0.15, 0.2) is 0 Å². The molecule has 0 aliphatic carbocycles. The number of nitrogens with one attached hydrogen (secondary N) is 1. The van der Waals surface area contributed by atoms with Crippen molar-refractivity contribution in [2.45, 2.75) is 354 Å². The van der Waals surface area contributed by atoms with E-state index in [1.54, 1.807) is 0 Å². The highest BCUT2D eigenvalue weighted by Gasteiger charge is 2.27. The largest absolute Gasteiger partial charge is 0.756 e. The number of allylic oxidation sites excluding steroid dienone is 5. The molecule has 0 rings (SSSR count). The number of rotatable bonds is 63. The summed E-state index contributed by atoms with van der Waals surface area (Å²) >= 11 is 0. The number of carbonyl (C=O) groups is 2. The summed E-state index contributed by atoms with van der Waals surface area (Å²) in [5.41, 5.74) is 0. The van der Waals surface area contributed by atoms with Crippen molar-refractivity contribution in [2.24, 2.45) is 0 Å². The fourth-order valence-corrected chi connectivity index (χ4v) is 11.0. The molecule has 466 valence electrons. The van der Waals surface area contributed by atoms with Crippen molar-refractivity contribution in [3.05, 3.63) is 36.5 Å². The zero-order chi connectivity index (χ0) is 57.9. The topological polar surface area (TPSA) is 114 Å². The fourth-order valence-electron chi connectivity index (χ4n) is 10.3. The van der Waals surface area contributed by atoms with E-state index in [1.165, 1.54) is 250 Å². The molecule has 1 N–H and O–H groups in total. The molecule has 3 unspecified atom stereocenters. The van der Waals surface area contributed by atoms with E-state index in [0.717, 1.165) is 51.4 Å². The van der Waals surface area contributed by atoms with Crippen molar-refractivity contribution in [1.82, 2.24) is 5.32 Å². The molecule has 0 saturated carbocycles. The van der Waals surface area contributed by atoms with Gasteiger partial charge in [-0.05, 0) is 51.0 Å². The lowest BCUT2D eigenvalue weighted by Crippen LogP contribution is -2.47. The van der Waals surface area contributed by atoms with Crippen molar-refractivity contribution in [3.63, 3.8) is 0 Å². The number of quaternary nitrogens is 1. The quantitative estimate of drug-likeness (QED) is 0.0212. The minimum Gasteiger partial charge on any atom is -0.756 e. The highest BCUT2D eigenvalue weighted by Crippen LogP contribution is 2.38. The molecule has 0 aliphatic heterocycles. The molecule has 79 heavy (non-hydrogen) atoms. The fraction of sp³-hybridized carbons (Fsp3) is 0.884. The maximum absolute atomic E-state index is 13.6. The van der Waals surface area contributed by atoms with E-state index in [9.17, 15) is 19.0 Å². The van der Waals surface area contributed by atoms with E-state index < -0.39 is 32.5 Å². The Balaban J connectivity index is 5.01. The van der Waals surface area contributed by atoms with Crippen molar-refractivity contribution in [3.8, 4) is 0 Å². The Bertz CT molecular complexity index is 1450. The van der Waals surface area contributed by atoms with Gasteiger partial charge in [0.2, 0.25) is 5.91 Å². The molecule has 3 atom stereocenters. The van der Waals surface area contributed by atoms with E-state index >= 15 is 0 Å². The molecular formula is C69H133N2O7P. The van der Waals surface area contributed by atoms with Crippen LogP contribution in [0.5, 0.6) is 0 Å². The van der Waals surface area contributed by atoms with E-state index in [-0.39, 0.29) is 18.9 Å². The Morgan fingerprint density at radius 1 is 0.443 bits per heavy atom. The summed E-state index contributed by atoms with van der Waals surface area (Å²) in [5, 5.41) is 3.03. The van der Waals surface area contributed by atoms with Gasteiger partial charge in [0, 0.05) is 12.8 Å². The molecular weight excluding hydrogens is 1000 g/mol. The Morgan fingerprint density at radius 3 is 1.16 bits per heavy atom. The van der Waals surface area contributed by atoms with Crippen LogP contribution >= 0.6 is 7.82 Å². The monoisotopic (exact) mass is 1130 g/mol. The second-order valence-electron chi connectivity index (χ2n) is 24.7. The average Bonchev–Trinajstić information content (AvgIpc) is 3.41. The lowest BCUT2D eigenvalue weighted by atomic mass is 10.0.